The number of anilines is 1. The van der Waals surface area contributed by atoms with Crippen molar-refractivity contribution < 1.29 is 18.0 Å². The van der Waals surface area contributed by atoms with Crippen LogP contribution in [0.2, 0.25) is 0 Å². The molecule has 2 aromatic rings. The van der Waals surface area contributed by atoms with Crippen LogP contribution in [0.5, 0.6) is 0 Å². The van der Waals surface area contributed by atoms with E-state index in [-0.39, 0.29) is 18.0 Å². The van der Waals surface area contributed by atoms with E-state index in [0.717, 1.165) is 44.3 Å². The van der Waals surface area contributed by atoms with Crippen molar-refractivity contribution in [3.05, 3.63) is 59.4 Å². The van der Waals surface area contributed by atoms with Gasteiger partial charge in [-0.2, -0.15) is 13.2 Å². The number of carbonyl (C=O) groups is 1. The van der Waals surface area contributed by atoms with E-state index in [2.05, 4.69) is 15.6 Å². The molecule has 1 aliphatic rings. The lowest BCUT2D eigenvalue weighted by Crippen LogP contribution is -2.28. The number of piperidine rings is 1. The molecule has 0 saturated carbocycles. The third kappa shape index (κ3) is 4.95. The number of hydrogen-bond acceptors (Lipinski definition) is 3. The molecule has 1 aliphatic heterocycles. The number of aromatic nitrogens is 1. The first-order valence-electron chi connectivity index (χ1n) is 8.09. The van der Waals surface area contributed by atoms with Crippen molar-refractivity contribution in [2.75, 3.05) is 18.4 Å². The van der Waals surface area contributed by atoms with Crippen LogP contribution in [0.3, 0.4) is 0 Å². The van der Waals surface area contributed by atoms with E-state index >= 15 is 0 Å². The number of nitrogens with zero attached hydrogens (tertiary/aromatic N) is 1. The lowest BCUT2D eigenvalue weighted by molar-refractivity contribution is -0.141. The fourth-order valence-electron chi connectivity index (χ4n) is 2.87. The van der Waals surface area contributed by atoms with Gasteiger partial charge in [-0.1, -0.05) is 12.1 Å². The Balaban J connectivity index is 0.00000243. The average Bonchev–Trinajstić information content (AvgIpc) is 2.62. The van der Waals surface area contributed by atoms with Crippen LogP contribution < -0.4 is 10.6 Å². The monoisotopic (exact) mass is 385 g/mol. The Hall–Kier alpha value is -2.12. The largest absolute Gasteiger partial charge is 0.433 e. The lowest BCUT2D eigenvalue weighted by atomic mass is 9.91. The van der Waals surface area contributed by atoms with Gasteiger partial charge in [0.15, 0.2) is 0 Å². The van der Waals surface area contributed by atoms with Gasteiger partial charge in [0.25, 0.3) is 5.91 Å². The van der Waals surface area contributed by atoms with Crippen LogP contribution >= 0.6 is 12.4 Å². The minimum Gasteiger partial charge on any atom is -0.322 e. The van der Waals surface area contributed by atoms with Crippen molar-refractivity contribution in [1.29, 1.82) is 0 Å². The highest BCUT2D eigenvalue weighted by Gasteiger charge is 2.32. The number of rotatable bonds is 3. The zero-order chi connectivity index (χ0) is 17.9. The third-order valence-corrected chi connectivity index (χ3v) is 4.25. The maximum atomic E-state index is 12.5. The molecule has 1 amide bonds. The molecular formula is C18H19ClF3N3O. The van der Waals surface area contributed by atoms with Crippen molar-refractivity contribution in [2.24, 2.45) is 0 Å². The predicted octanol–water partition coefficient (Wildman–Crippen LogP) is 4.24. The summed E-state index contributed by atoms with van der Waals surface area (Å²) in [5.74, 6) is -0.0223. The first-order valence-corrected chi connectivity index (χ1v) is 8.09. The summed E-state index contributed by atoms with van der Waals surface area (Å²) in [6, 6.07) is 9.47. The summed E-state index contributed by atoms with van der Waals surface area (Å²) in [6.07, 6.45) is -1.31. The molecule has 3 rings (SSSR count). The summed E-state index contributed by atoms with van der Waals surface area (Å²) >= 11 is 0. The quantitative estimate of drug-likeness (QED) is 0.830. The molecule has 0 aliphatic carbocycles. The Morgan fingerprint density at radius 3 is 2.42 bits per heavy atom. The summed E-state index contributed by atoms with van der Waals surface area (Å²) in [5, 5.41) is 6.03. The Bertz CT molecular complexity index is 727. The second-order valence-corrected chi connectivity index (χ2v) is 6.05. The average molecular weight is 386 g/mol. The first kappa shape index (κ1) is 20.2. The van der Waals surface area contributed by atoms with Gasteiger partial charge >= 0.3 is 6.18 Å². The number of hydrogen-bond donors (Lipinski definition) is 2. The van der Waals surface area contributed by atoms with Gasteiger partial charge in [-0.15, -0.1) is 12.4 Å². The normalized spacial score (nSPS) is 17.3. The highest BCUT2D eigenvalue weighted by Crippen LogP contribution is 2.27. The number of nitrogens with one attached hydrogen (secondary N) is 2. The van der Waals surface area contributed by atoms with Crippen LogP contribution in [-0.2, 0) is 6.18 Å². The molecule has 140 valence electrons. The van der Waals surface area contributed by atoms with E-state index in [1.54, 1.807) is 12.1 Å². The fraction of sp³-hybridized carbons (Fsp3) is 0.333. The predicted molar refractivity (Wildman–Crippen MR) is 95.7 cm³/mol. The van der Waals surface area contributed by atoms with Crippen molar-refractivity contribution in [3.63, 3.8) is 0 Å². The second kappa shape index (κ2) is 8.51. The molecule has 2 heterocycles. The van der Waals surface area contributed by atoms with Gasteiger partial charge in [0, 0.05) is 18.4 Å². The Morgan fingerprint density at radius 1 is 1.15 bits per heavy atom. The van der Waals surface area contributed by atoms with Crippen LogP contribution in [0.15, 0.2) is 42.6 Å². The first-order chi connectivity index (χ1) is 11.9. The molecule has 1 saturated heterocycles. The van der Waals surface area contributed by atoms with Gasteiger partial charge in [0.2, 0.25) is 0 Å². The van der Waals surface area contributed by atoms with Gasteiger partial charge < -0.3 is 10.6 Å². The number of halogens is 4. The van der Waals surface area contributed by atoms with Crippen molar-refractivity contribution in [1.82, 2.24) is 10.3 Å². The summed E-state index contributed by atoms with van der Waals surface area (Å²) in [4.78, 5) is 15.4. The van der Waals surface area contributed by atoms with Gasteiger partial charge in [-0.05, 0) is 55.1 Å². The summed E-state index contributed by atoms with van der Waals surface area (Å²) in [7, 11) is 0. The molecule has 1 fully saturated rings. The lowest BCUT2D eigenvalue weighted by Gasteiger charge is -2.23. The zero-order valence-corrected chi connectivity index (χ0v) is 14.7. The molecule has 2 N–H and O–H groups in total. The van der Waals surface area contributed by atoms with Gasteiger partial charge in [0.1, 0.15) is 5.69 Å². The molecule has 26 heavy (non-hydrogen) atoms. The molecule has 1 aromatic heterocycles. The SMILES string of the molecule is Cl.O=C(Nc1ccc([C@H]2CCCNC2)cc1)c1ccc(C(F)(F)F)nc1. The number of pyridine rings is 1. The van der Waals surface area contributed by atoms with E-state index in [9.17, 15) is 18.0 Å². The van der Waals surface area contributed by atoms with E-state index in [4.69, 9.17) is 0 Å². The smallest absolute Gasteiger partial charge is 0.322 e. The van der Waals surface area contributed by atoms with Crippen LogP contribution in [0, 0.1) is 0 Å². The van der Waals surface area contributed by atoms with Crippen molar-refractivity contribution >= 4 is 24.0 Å². The maximum Gasteiger partial charge on any atom is 0.433 e. The number of carbonyl (C=O) groups excluding carboxylic acids is 1. The topological polar surface area (TPSA) is 54.0 Å². The Morgan fingerprint density at radius 2 is 1.88 bits per heavy atom. The van der Waals surface area contributed by atoms with Crippen LogP contribution in [0.4, 0.5) is 18.9 Å². The molecular weight excluding hydrogens is 367 g/mol. The second-order valence-electron chi connectivity index (χ2n) is 6.05. The molecule has 1 atom stereocenters. The molecule has 4 nitrogen and oxygen atoms in total. The number of benzene rings is 1. The minimum atomic E-state index is -4.52. The molecule has 0 radical (unpaired) electrons. The minimum absolute atomic E-state index is 0. The molecule has 1 aromatic carbocycles. The van der Waals surface area contributed by atoms with Gasteiger partial charge in [0.05, 0.1) is 5.56 Å². The van der Waals surface area contributed by atoms with Gasteiger partial charge in [-0.25, -0.2) is 0 Å². The van der Waals surface area contributed by atoms with E-state index in [1.807, 2.05) is 12.1 Å². The summed E-state index contributed by atoms with van der Waals surface area (Å²) in [5.41, 5.74) is 0.863. The molecule has 8 heteroatoms. The van der Waals surface area contributed by atoms with Crippen LogP contribution in [-0.4, -0.2) is 24.0 Å². The summed E-state index contributed by atoms with van der Waals surface area (Å²) in [6.45, 7) is 1.99. The maximum absolute atomic E-state index is 12.5. The van der Waals surface area contributed by atoms with E-state index in [1.165, 1.54) is 5.56 Å². The summed E-state index contributed by atoms with van der Waals surface area (Å²) < 4.78 is 37.5. The highest BCUT2D eigenvalue weighted by atomic mass is 35.5. The van der Waals surface area contributed by atoms with Crippen LogP contribution in [0.1, 0.15) is 40.4 Å². The molecule has 0 unspecified atom stereocenters. The Kier molecular flexibility index (Phi) is 6.61. The molecule has 0 spiro atoms. The standard InChI is InChI=1S/C18H18F3N3O.ClH/c19-18(20,21)16-8-5-14(11-23-16)17(25)24-15-6-3-12(4-7-15)13-2-1-9-22-10-13;/h3-8,11,13,22H,1-2,9-10H2,(H,24,25);1H/t13-;/m0./s1. The Labute approximate surface area is 155 Å². The fourth-order valence-corrected chi connectivity index (χ4v) is 2.87. The number of amides is 1. The molecule has 0 bridgehead atoms. The van der Waals surface area contributed by atoms with Gasteiger partial charge in [-0.3, -0.25) is 9.78 Å². The zero-order valence-electron chi connectivity index (χ0n) is 13.8. The number of alkyl halides is 3. The van der Waals surface area contributed by atoms with Crippen molar-refractivity contribution in [2.45, 2.75) is 24.9 Å². The highest BCUT2D eigenvalue weighted by molar-refractivity contribution is 6.04. The third-order valence-electron chi connectivity index (χ3n) is 4.25. The van der Waals surface area contributed by atoms with E-state index < -0.39 is 17.8 Å². The van der Waals surface area contributed by atoms with Crippen molar-refractivity contribution in [3.8, 4) is 0 Å². The van der Waals surface area contributed by atoms with Crippen LogP contribution in [0.25, 0.3) is 0 Å². The van der Waals surface area contributed by atoms with E-state index in [0.29, 0.717) is 11.6 Å².